The van der Waals surface area contributed by atoms with Gasteiger partial charge in [-0.15, -0.1) is 0 Å². The lowest BCUT2D eigenvalue weighted by Gasteiger charge is -2.26. The second-order valence-electron chi connectivity index (χ2n) is 5.23. The molecule has 2 unspecified atom stereocenters. The van der Waals surface area contributed by atoms with E-state index in [-0.39, 0.29) is 5.91 Å². The molecule has 0 saturated carbocycles. The summed E-state index contributed by atoms with van der Waals surface area (Å²) in [4.78, 5) is 12.0. The van der Waals surface area contributed by atoms with Crippen LogP contribution in [0.4, 0.5) is 0 Å². The van der Waals surface area contributed by atoms with Gasteiger partial charge < -0.3 is 15.4 Å². The molecule has 100 valence electrons. The molecule has 1 amide bonds. The predicted molar refractivity (Wildman–Crippen MR) is 68.9 cm³/mol. The first-order chi connectivity index (χ1) is 8.01. The van der Waals surface area contributed by atoms with Gasteiger partial charge >= 0.3 is 0 Å². The Morgan fingerprint density at radius 3 is 2.71 bits per heavy atom. The molecular formula is C13H26N2O2. The number of carbonyl (C=O) groups excluding carboxylic acids is 1. The van der Waals surface area contributed by atoms with Gasteiger partial charge in [-0.05, 0) is 33.2 Å². The first-order valence-corrected chi connectivity index (χ1v) is 6.66. The number of carbonyl (C=O) groups is 1. The van der Waals surface area contributed by atoms with Gasteiger partial charge in [0.25, 0.3) is 0 Å². The van der Waals surface area contributed by atoms with Crippen LogP contribution in [-0.2, 0) is 9.53 Å². The summed E-state index contributed by atoms with van der Waals surface area (Å²) in [5.74, 6) is 0.544. The maximum Gasteiger partial charge on any atom is 0.239 e. The van der Waals surface area contributed by atoms with E-state index in [9.17, 15) is 4.79 Å². The molecule has 1 fully saturated rings. The van der Waals surface area contributed by atoms with Gasteiger partial charge in [0.2, 0.25) is 5.91 Å². The highest BCUT2D eigenvalue weighted by molar-refractivity contribution is 5.85. The number of likely N-dealkylation sites (N-methyl/N-ethyl adjacent to an activating group) is 1. The zero-order valence-corrected chi connectivity index (χ0v) is 11.5. The summed E-state index contributed by atoms with van der Waals surface area (Å²) < 4.78 is 5.61. The molecule has 0 bridgehead atoms. The summed E-state index contributed by atoms with van der Waals surface area (Å²) in [5, 5.41) is 6.21. The Bertz CT molecular complexity index is 254. The second-order valence-corrected chi connectivity index (χ2v) is 5.23. The molecule has 1 rings (SSSR count). The van der Waals surface area contributed by atoms with Gasteiger partial charge in [-0.25, -0.2) is 0 Å². The minimum Gasteiger partial charge on any atom is -0.378 e. The fourth-order valence-electron chi connectivity index (χ4n) is 2.34. The minimum absolute atomic E-state index is 0.0705. The van der Waals surface area contributed by atoms with E-state index in [0.717, 1.165) is 32.5 Å². The molecule has 4 heteroatoms. The van der Waals surface area contributed by atoms with Crippen LogP contribution in [-0.4, -0.2) is 37.2 Å². The fraction of sp³-hybridized carbons (Fsp3) is 0.923. The number of amides is 1. The van der Waals surface area contributed by atoms with Gasteiger partial charge in [-0.1, -0.05) is 13.8 Å². The lowest BCUT2D eigenvalue weighted by atomic mass is 9.98. The average molecular weight is 242 g/mol. The number of ether oxygens (including phenoxy) is 1. The first-order valence-electron chi connectivity index (χ1n) is 6.66. The Balaban J connectivity index is 2.37. The van der Waals surface area contributed by atoms with Gasteiger partial charge in [0, 0.05) is 19.1 Å². The Morgan fingerprint density at radius 2 is 2.12 bits per heavy atom. The Labute approximate surface area is 104 Å². The Morgan fingerprint density at radius 1 is 1.41 bits per heavy atom. The summed E-state index contributed by atoms with van der Waals surface area (Å²) in [6.07, 6.45) is 2.40. The van der Waals surface area contributed by atoms with E-state index in [0.29, 0.717) is 12.0 Å². The van der Waals surface area contributed by atoms with Crippen molar-refractivity contribution in [3.8, 4) is 0 Å². The third-order valence-corrected chi connectivity index (χ3v) is 3.46. The van der Waals surface area contributed by atoms with Crippen molar-refractivity contribution in [3.63, 3.8) is 0 Å². The van der Waals surface area contributed by atoms with Crippen LogP contribution in [0.15, 0.2) is 0 Å². The number of nitrogens with one attached hydrogen (secondary N) is 2. The van der Waals surface area contributed by atoms with Gasteiger partial charge in [-0.3, -0.25) is 4.79 Å². The quantitative estimate of drug-likeness (QED) is 0.738. The third-order valence-electron chi connectivity index (χ3n) is 3.46. The van der Waals surface area contributed by atoms with Crippen LogP contribution in [0.25, 0.3) is 0 Å². The van der Waals surface area contributed by atoms with Gasteiger partial charge in [0.05, 0.1) is 11.6 Å². The van der Waals surface area contributed by atoms with Crippen molar-refractivity contribution in [2.24, 2.45) is 5.92 Å². The molecule has 0 radical (unpaired) electrons. The largest absolute Gasteiger partial charge is 0.378 e. The standard InChI is InChI=1S/C13H26N2O2/c1-5-11-10(7-8-17-11)9-14-12(16)13(3,4)15-6-2/h10-11,15H,5-9H2,1-4H3,(H,14,16). The molecule has 4 nitrogen and oxygen atoms in total. The van der Waals surface area contributed by atoms with Crippen LogP contribution in [0.2, 0.25) is 0 Å². The summed E-state index contributed by atoms with van der Waals surface area (Å²) in [7, 11) is 0. The van der Waals surface area contributed by atoms with Gasteiger partial charge in [-0.2, -0.15) is 0 Å². The Kier molecular flexibility index (Phi) is 5.40. The van der Waals surface area contributed by atoms with E-state index >= 15 is 0 Å². The van der Waals surface area contributed by atoms with E-state index in [1.54, 1.807) is 0 Å². The summed E-state index contributed by atoms with van der Waals surface area (Å²) in [6.45, 7) is 10.3. The highest BCUT2D eigenvalue weighted by atomic mass is 16.5. The van der Waals surface area contributed by atoms with Crippen molar-refractivity contribution in [1.82, 2.24) is 10.6 Å². The van der Waals surface area contributed by atoms with Crippen LogP contribution < -0.4 is 10.6 Å². The van der Waals surface area contributed by atoms with Crippen molar-refractivity contribution in [2.75, 3.05) is 19.7 Å². The zero-order valence-electron chi connectivity index (χ0n) is 11.5. The number of hydrogen-bond acceptors (Lipinski definition) is 3. The SMILES string of the molecule is CCNC(C)(C)C(=O)NCC1CCOC1CC. The second kappa shape index (κ2) is 6.36. The molecule has 0 aliphatic carbocycles. The lowest BCUT2D eigenvalue weighted by molar-refractivity contribution is -0.126. The molecular weight excluding hydrogens is 216 g/mol. The summed E-state index contributed by atoms with van der Waals surface area (Å²) in [5.41, 5.74) is -0.490. The first kappa shape index (κ1) is 14.5. The molecule has 2 atom stereocenters. The normalized spacial score (nSPS) is 24.9. The predicted octanol–water partition coefficient (Wildman–Crippen LogP) is 1.31. The van der Waals surface area contributed by atoms with Crippen molar-refractivity contribution < 1.29 is 9.53 Å². The number of rotatable bonds is 6. The van der Waals surface area contributed by atoms with Gasteiger partial charge in [0.15, 0.2) is 0 Å². The molecule has 1 aliphatic heterocycles. The van der Waals surface area contributed by atoms with Crippen LogP contribution in [0.3, 0.4) is 0 Å². The van der Waals surface area contributed by atoms with E-state index in [2.05, 4.69) is 17.6 Å². The van der Waals surface area contributed by atoms with Crippen molar-refractivity contribution >= 4 is 5.91 Å². The minimum atomic E-state index is -0.490. The highest BCUT2D eigenvalue weighted by Gasteiger charge is 2.30. The molecule has 0 aromatic heterocycles. The smallest absolute Gasteiger partial charge is 0.239 e. The molecule has 1 aliphatic rings. The number of hydrogen-bond donors (Lipinski definition) is 2. The van der Waals surface area contributed by atoms with E-state index in [1.807, 2.05) is 20.8 Å². The highest BCUT2D eigenvalue weighted by Crippen LogP contribution is 2.22. The van der Waals surface area contributed by atoms with Crippen LogP contribution >= 0.6 is 0 Å². The molecule has 2 N–H and O–H groups in total. The van der Waals surface area contributed by atoms with Crippen LogP contribution in [0.5, 0.6) is 0 Å². The topological polar surface area (TPSA) is 50.4 Å². The van der Waals surface area contributed by atoms with Crippen molar-refractivity contribution in [1.29, 1.82) is 0 Å². The van der Waals surface area contributed by atoms with Crippen molar-refractivity contribution in [3.05, 3.63) is 0 Å². The molecule has 1 heterocycles. The van der Waals surface area contributed by atoms with Crippen LogP contribution in [0, 0.1) is 5.92 Å². The van der Waals surface area contributed by atoms with E-state index in [4.69, 9.17) is 4.74 Å². The van der Waals surface area contributed by atoms with E-state index in [1.165, 1.54) is 0 Å². The third kappa shape index (κ3) is 3.96. The maximum atomic E-state index is 12.0. The van der Waals surface area contributed by atoms with Crippen molar-refractivity contribution in [2.45, 2.75) is 52.2 Å². The molecule has 17 heavy (non-hydrogen) atoms. The van der Waals surface area contributed by atoms with Gasteiger partial charge in [0.1, 0.15) is 0 Å². The lowest BCUT2D eigenvalue weighted by Crippen LogP contribution is -2.53. The Hall–Kier alpha value is -0.610. The molecule has 0 aromatic carbocycles. The summed E-state index contributed by atoms with van der Waals surface area (Å²) in [6, 6.07) is 0. The van der Waals surface area contributed by atoms with E-state index < -0.39 is 5.54 Å². The molecule has 1 saturated heterocycles. The monoisotopic (exact) mass is 242 g/mol. The maximum absolute atomic E-state index is 12.0. The fourth-order valence-corrected chi connectivity index (χ4v) is 2.34. The summed E-state index contributed by atoms with van der Waals surface area (Å²) >= 11 is 0. The molecule has 0 spiro atoms. The molecule has 0 aromatic rings. The zero-order chi connectivity index (χ0) is 12.9. The van der Waals surface area contributed by atoms with Crippen LogP contribution in [0.1, 0.15) is 40.5 Å². The average Bonchev–Trinajstić information content (AvgIpc) is 2.72.